The molecule has 3 heterocycles. The quantitative estimate of drug-likeness (QED) is 0.588. The van der Waals surface area contributed by atoms with Crippen LogP contribution in [0.3, 0.4) is 0 Å². The van der Waals surface area contributed by atoms with Crippen molar-refractivity contribution in [3.63, 3.8) is 0 Å². The van der Waals surface area contributed by atoms with E-state index in [-0.39, 0.29) is 30.9 Å². The molecule has 0 unspecified atom stereocenters. The summed E-state index contributed by atoms with van der Waals surface area (Å²) in [7, 11) is 1.62. The molecular weight excluding hydrogens is 442 g/mol. The highest BCUT2D eigenvalue weighted by Crippen LogP contribution is 2.32. The standard InChI is InChI=1S/C27H31N5O3/c1-27(26(34)29-20-8-4-3-5-9-20)18-32-24(25(33)31(27)17-21-10-6-7-15-28-21)16-23(30-32)19-11-13-22(35-2)14-12-19/h6-7,10-16,20H,3-5,8-9,17-18H2,1-2H3,(H,29,34)/t27-/m1/s1. The van der Waals surface area contributed by atoms with Crippen molar-refractivity contribution in [2.45, 2.75) is 63.7 Å². The third-order valence-electron chi connectivity index (χ3n) is 7.16. The molecule has 1 N–H and O–H groups in total. The van der Waals surface area contributed by atoms with E-state index < -0.39 is 5.54 Å². The Balaban J connectivity index is 1.49. The molecule has 0 saturated heterocycles. The van der Waals surface area contributed by atoms with Gasteiger partial charge in [-0.15, -0.1) is 0 Å². The Labute approximate surface area is 205 Å². The maximum Gasteiger partial charge on any atom is 0.273 e. The van der Waals surface area contributed by atoms with Gasteiger partial charge in [-0.3, -0.25) is 19.3 Å². The third-order valence-corrected chi connectivity index (χ3v) is 7.16. The molecule has 1 aliphatic heterocycles. The van der Waals surface area contributed by atoms with Crippen LogP contribution in [-0.4, -0.2) is 50.2 Å². The van der Waals surface area contributed by atoms with Crippen molar-refractivity contribution in [1.29, 1.82) is 0 Å². The number of carbonyl (C=O) groups excluding carboxylic acids is 2. The van der Waals surface area contributed by atoms with Gasteiger partial charge in [0.1, 0.15) is 17.0 Å². The van der Waals surface area contributed by atoms with E-state index in [2.05, 4.69) is 10.3 Å². The Bertz CT molecular complexity index is 1200. The van der Waals surface area contributed by atoms with Crippen LogP contribution in [0.5, 0.6) is 5.75 Å². The molecule has 0 radical (unpaired) electrons. The summed E-state index contributed by atoms with van der Waals surface area (Å²) in [5.41, 5.74) is 1.67. The highest BCUT2D eigenvalue weighted by molar-refractivity contribution is 6.00. The van der Waals surface area contributed by atoms with Crippen LogP contribution in [0.15, 0.2) is 54.7 Å². The Kier molecular flexibility index (Phi) is 6.28. The van der Waals surface area contributed by atoms with E-state index in [1.807, 2.05) is 49.4 Å². The highest BCUT2D eigenvalue weighted by Gasteiger charge is 2.48. The summed E-state index contributed by atoms with van der Waals surface area (Å²) in [5, 5.41) is 7.96. The number of hydrogen-bond acceptors (Lipinski definition) is 5. The van der Waals surface area contributed by atoms with E-state index >= 15 is 0 Å². The van der Waals surface area contributed by atoms with Crippen molar-refractivity contribution in [1.82, 2.24) is 25.0 Å². The van der Waals surface area contributed by atoms with Crippen LogP contribution in [0.25, 0.3) is 11.3 Å². The first-order valence-electron chi connectivity index (χ1n) is 12.2. The first-order chi connectivity index (χ1) is 17.0. The summed E-state index contributed by atoms with van der Waals surface area (Å²) in [5.74, 6) is 0.388. The van der Waals surface area contributed by atoms with E-state index in [1.165, 1.54) is 6.42 Å². The van der Waals surface area contributed by atoms with Crippen LogP contribution in [-0.2, 0) is 17.9 Å². The summed E-state index contributed by atoms with van der Waals surface area (Å²) in [4.78, 5) is 33.6. The molecule has 1 saturated carbocycles. The molecule has 3 aromatic rings. The summed E-state index contributed by atoms with van der Waals surface area (Å²) in [6.07, 6.45) is 7.10. The molecule has 2 aliphatic rings. The minimum atomic E-state index is -1.09. The van der Waals surface area contributed by atoms with E-state index in [0.29, 0.717) is 11.4 Å². The Hall–Kier alpha value is -3.68. The molecule has 2 aromatic heterocycles. The smallest absolute Gasteiger partial charge is 0.273 e. The number of aromatic nitrogens is 3. The number of pyridine rings is 1. The average molecular weight is 474 g/mol. The molecule has 1 aliphatic carbocycles. The summed E-state index contributed by atoms with van der Waals surface area (Å²) < 4.78 is 6.93. The van der Waals surface area contributed by atoms with Crippen LogP contribution < -0.4 is 10.1 Å². The summed E-state index contributed by atoms with van der Waals surface area (Å²) in [6.45, 7) is 2.36. The van der Waals surface area contributed by atoms with Gasteiger partial charge in [-0.25, -0.2) is 0 Å². The lowest BCUT2D eigenvalue weighted by atomic mass is 9.91. The maximum absolute atomic E-state index is 13.8. The van der Waals surface area contributed by atoms with Crippen LogP contribution in [0.4, 0.5) is 0 Å². The molecule has 182 valence electrons. The molecule has 8 heteroatoms. The van der Waals surface area contributed by atoms with Crippen LogP contribution in [0, 0.1) is 0 Å². The number of methoxy groups -OCH3 is 1. The number of ether oxygens (including phenoxy) is 1. The van der Waals surface area contributed by atoms with Gasteiger partial charge in [0.2, 0.25) is 5.91 Å². The van der Waals surface area contributed by atoms with Crippen molar-refractivity contribution < 1.29 is 14.3 Å². The number of amides is 2. The first kappa shape index (κ1) is 23.1. The lowest BCUT2D eigenvalue weighted by molar-refractivity contribution is -0.134. The number of carbonyl (C=O) groups is 2. The molecule has 0 spiro atoms. The monoisotopic (exact) mass is 473 g/mol. The zero-order valence-corrected chi connectivity index (χ0v) is 20.2. The van der Waals surface area contributed by atoms with Crippen LogP contribution in [0.2, 0.25) is 0 Å². The van der Waals surface area contributed by atoms with Crippen molar-refractivity contribution in [2.75, 3.05) is 7.11 Å². The predicted octanol–water partition coefficient (Wildman–Crippen LogP) is 3.82. The molecule has 35 heavy (non-hydrogen) atoms. The van der Waals surface area contributed by atoms with Crippen molar-refractivity contribution in [3.05, 3.63) is 66.1 Å². The largest absolute Gasteiger partial charge is 0.497 e. The normalized spacial score (nSPS) is 20.4. The number of fused-ring (bicyclic) bond motifs is 1. The fourth-order valence-corrected chi connectivity index (χ4v) is 5.03. The second-order valence-electron chi connectivity index (χ2n) is 9.60. The number of nitrogens with zero attached hydrogens (tertiary/aromatic N) is 4. The zero-order chi connectivity index (χ0) is 24.4. The van der Waals surface area contributed by atoms with Gasteiger partial charge in [0.05, 0.1) is 31.6 Å². The van der Waals surface area contributed by atoms with E-state index in [1.54, 1.807) is 29.0 Å². The molecule has 1 fully saturated rings. The van der Waals surface area contributed by atoms with Gasteiger partial charge in [0.15, 0.2) is 0 Å². The van der Waals surface area contributed by atoms with Gasteiger partial charge >= 0.3 is 0 Å². The van der Waals surface area contributed by atoms with E-state index in [0.717, 1.165) is 42.7 Å². The van der Waals surface area contributed by atoms with Crippen molar-refractivity contribution in [2.24, 2.45) is 0 Å². The topological polar surface area (TPSA) is 89.3 Å². The molecule has 8 nitrogen and oxygen atoms in total. The SMILES string of the molecule is COc1ccc(-c2cc3n(n2)C[C@](C)(C(=O)NC2CCCCC2)N(Cc2ccccn2)C3=O)cc1. The molecule has 5 rings (SSSR count). The molecule has 0 bridgehead atoms. The van der Waals surface area contributed by atoms with Gasteiger partial charge in [0.25, 0.3) is 5.91 Å². The van der Waals surface area contributed by atoms with E-state index in [4.69, 9.17) is 9.84 Å². The fourth-order valence-electron chi connectivity index (χ4n) is 5.03. The molecule has 1 aromatic carbocycles. The average Bonchev–Trinajstić information content (AvgIpc) is 3.31. The van der Waals surface area contributed by atoms with Crippen molar-refractivity contribution in [3.8, 4) is 17.0 Å². The van der Waals surface area contributed by atoms with Gasteiger partial charge in [-0.05, 0) is 62.2 Å². The second-order valence-corrected chi connectivity index (χ2v) is 9.60. The zero-order valence-electron chi connectivity index (χ0n) is 20.2. The number of benzene rings is 1. The third kappa shape index (κ3) is 4.52. The van der Waals surface area contributed by atoms with Gasteiger partial charge in [0, 0.05) is 17.8 Å². The maximum atomic E-state index is 13.8. The Morgan fingerprint density at radius 2 is 1.91 bits per heavy atom. The second kappa shape index (κ2) is 9.52. The van der Waals surface area contributed by atoms with E-state index in [9.17, 15) is 9.59 Å². The number of nitrogens with one attached hydrogen (secondary N) is 1. The van der Waals surface area contributed by atoms with Gasteiger partial charge in [-0.2, -0.15) is 5.10 Å². The predicted molar refractivity (Wildman–Crippen MR) is 132 cm³/mol. The lowest BCUT2D eigenvalue weighted by Gasteiger charge is -2.43. The lowest BCUT2D eigenvalue weighted by Crippen LogP contribution is -2.64. The van der Waals surface area contributed by atoms with Crippen LogP contribution >= 0.6 is 0 Å². The number of hydrogen-bond donors (Lipinski definition) is 1. The van der Waals surface area contributed by atoms with Crippen LogP contribution in [0.1, 0.15) is 55.2 Å². The molecule has 2 amide bonds. The summed E-state index contributed by atoms with van der Waals surface area (Å²) in [6, 6.07) is 15.1. The number of rotatable bonds is 6. The Morgan fingerprint density at radius 1 is 1.14 bits per heavy atom. The molecule has 1 atom stereocenters. The minimum absolute atomic E-state index is 0.138. The first-order valence-corrected chi connectivity index (χ1v) is 12.2. The fraction of sp³-hybridized carbons (Fsp3) is 0.407. The van der Waals surface area contributed by atoms with Gasteiger partial charge in [-0.1, -0.05) is 25.3 Å². The van der Waals surface area contributed by atoms with Crippen molar-refractivity contribution >= 4 is 11.8 Å². The Morgan fingerprint density at radius 3 is 2.60 bits per heavy atom. The molecular formula is C27H31N5O3. The van der Waals surface area contributed by atoms with Gasteiger partial charge < -0.3 is 15.0 Å². The minimum Gasteiger partial charge on any atom is -0.497 e. The summed E-state index contributed by atoms with van der Waals surface area (Å²) >= 11 is 0. The highest BCUT2D eigenvalue weighted by atomic mass is 16.5.